The highest BCUT2D eigenvalue weighted by Gasteiger charge is 2.22. The molecule has 1 rings (SSSR count). The molecular formula is C10H18N4O2. The number of aryl methyl sites for hydroxylation is 1. The average Bonchev–Trinajstić information content (AvgIpc) is 2.79. The van der Waals surface area contributed by atoms with Gasteiger partial charge in [-0.3, -0.25) is 9.48 Å². The Morgan fingerprint density at radius 2 is 2.38 bits per heavy atom. The summed E-state index contributed by atoms with van der Waals surface area (Å²) in [6, 6.07) is 0. The molecular weight excluding hydrogens is 208 g/mol. The van der Waals surface area contributed by atoms with Crippen LogP contribution in [0, 0.1) is 0 Å². The molecule has 2 N–H and O–H groups in total. The van der Waals surface area contributed by atoms with Crippen LogP contribution in [-0.4, -0.2) is 38.2 Å². The number of aliphatic hydroxyl groups excluding tert-OH is 1. The van der Waals surface area contributed by atoms with Crippen molar-refractivity contribution >= 4 is 5.91 Å². The van der Waals surface area contributed by atoms with Crippen LogP contribution in [-0.2, 0) is 11.3 Å². The topological polar surface area (TPSA) is 80.0 Å². The predicted octanol–water partition coefficient (Wildman–Crippen LogP) is -0.0546. The van der Waals surface area contributed by atoms with Crippen LogP contribution in [0.4, 0.5) is 0 Å². The third kappa shape index (κ3) is 3.62. The van der Waals surface area contributed by atoms with E-state index in [2.05, 4.69) is 15.6 Å². The van der Waals surface area contributed by atoms with Gasteiger partial charge < -0.3 is 10.4 Å². The molecule has 1 amide bonds. The molecule has 0 aliphatic rings. The molecule has 6 heteroatoms. The number of amides is 1. The molecule has 0 radical (unpaired) electrons. The van der Waals surface area contributed by atoms with Crippen LogP contribution in [0.25, 0.3) is 0 Å². The van der Waals surface area contributed by atoms with Gasteiger partial charge in [0, 0.05) is 12.6 Å². The van der Waals surface area contributed by atoms with Crippen LogP contribution in [0.2, 0.25) is 0 Å². The molecule has 1 unspecified atom stereocenters. The highest BCUT2D eigenvalue weighted by molar-refractivity contribution is 5.76. The van der Waals surface area contributed by atoms with Crippen LogP contribution < -0.4 is 5.32 Å². The third-order valence-electron chi connectivity index (χ3n) is 2.61. The summed E-state index contributed by atoms with van der Waals surface area (Å²) in [7, 11) is 0. The van der Waals surface area contributed by atoms with Crippen molar-refractivity contribution < 1.29 is 9.90 Å². The highest BCUT2D eigenvalue weighted by Crippen LogP contribution is 2.07. The first kappa shape index (κ1) is 12.6. The quantitative estimate of drug-likeness (QED) is 0.712. The van der Waals surface area contributed by atoms with Crippen molar-refractivity contribution in [1.82, 2.24) is 20.3 Å². The van der Waals surface area contributed by atoms with Gasteiger partial charge in [-0.1, -0.05) is 12.1 Å². The number of hydrogen-bond acceptors (Lipinski definition) is 4. The Morgan fingerprint density at radius 1 is 1.62 bits per heavy atom. The Hall–Kier alpha value is -1.43. The summed E-state index contributed by atoms with van der Waals surface area (Å²) in [5.74, 6) is -0.0890. The Morgan fingerprint density at radius 3 is 2.88 bits per heavy atom. The van der Waals surface area contributed by atoms with Gasteiger partial charge in [0.25, 0.3) is 0 Å². The van der Waals surface area contributed by atoms with E-state index in [-0.39, 0.29) is 12.5 Å². The number of rotatable bonds is 6. The fourth-order valence-corrected chi connectivity index (χ4v) is 1.21. The van der Waals surface area contributed by atoms with Crippen LogP contribution in [0.1, 0.15) is 26.7 Å². The van der Waals surface area contributed by atoms with Gasteiger partial charge in [-0.05, 0) is 13.3 Å². The largest absolute Gasteiger partial charge is 0.394 e. The van der Waals surface area contributed by atoms with E-state index in [0.717, 1.165) is 0 Å². The van der Waals surface area contributed by atoms with E-state index >= 15 is 0 Å². The Labute approximate surface area is 94.7 Å². The number of nitrogens with one attached hydrogen (secondary N) is 1. The monoisotopic (exact) mass is 226 g/mol. The minimum absolute atomic E-state index is 0.0570. The van der Waals surface area contributed by atoms with Gasteiger partial charge in [-0.2, -0.15) is 0 Å². The number of nitrogens with zero attached hydrogens (tertiary/aromatic N) is 3. The summed E-state index contributed by atoms with van der Waals surface area (Å²) in [5, 5.41) is 19.4. The zero-order valence-electron chi connectivity index (χ0n) is 9.68. The molecule has 0 fully saturated rings. The summed E-state index contributed by atoms with van der Waals surface area (Å²) >= 11 is 0. The predicted molar refractivity (Wildman–Crippen MR) is 58.6 cm³/mol. The number of aliphatic hydroxyl groups is 1. The number of carbonyl (C=O) groups is 1. The Bertz CT molecular complexity index is 320. The molecule has 16 heavy (non-hydrogen) atoms. The fourth-order valence-electron chi connectivity index (χ4n) is 1.21. The standard InChI is InChI=1S/C10H18N4O2/c1-3-10(2,8-15)12-9(16)4-6-14-7-5-11-13-14/h5,7,15H,3-4,6,8H2,1-2H3,(H,12,16). The lowest BCUT2D eigenvalue weighted by molar-refractivity contribution is -0.123. The minimum atomic E-state index is -0.528. The van der Waals surface area contributed by atoms with E-state index in [1.54, 1.807) is 17.1 Å². The highest BCUT2D eigenvalue weighted by atomic mass is 16.3. The summed E-state index contributed by atoms with van der Waals surface area (Å²) in [4.78, 5) is 11.6. The molecule has 0 saturated heterocycles. The van der Waals surface area contributed by atoms with Crippen molar-refractivity contribution in [3.05, 3.63) is 12.4 Å². The van der Waals surface area contributed by atoms with Gasteiger partial charge in [0.15, 0.2) is 0 Å². The van der Waals surface area contributed by atoms with E-state index in [4.69, 9.17) is 5.11 Å². The first-order valence-corrected chi connectivity index (χ1v) is 5.35. The number of carbonyl (C=O) groups excluding carboxylic acids is 1. The lowest BCUT2D eigenvalue weighted by Crippen LogP contribution is -2.48. The SMILES string of the molecule is CCC(C)(CO)NC(=O)CCn1ccnn1. The summed E-state index contributed by atoms with van der Waals surface area (Å²) in [5.41, 5.74) is -0.528. The zero-order valence-corrected chi connectivity index (χ0v) is 9.68. The van der Waals surface area contributed by atoms with E-state index in [9.17, 15) is 4.79 Å². The Balaban J connectivity index is 2.36. The molecule has 1 heterocycles. The first-order valence-electron chi connectivity index (χ1n) is 5.35. The maximum Gasteiger partial charge on any atom is 0.222 e. The van der Waals surface area contributed by atoms with Crippen LogP contribution >= 0.6 is 0 Å². The molecule has 0 aliphatic carbocycles. The summed E-state index contributed by atoms with van der Waals surface area (Å²) in [6.07, 6.45) is 4.30. The van der Waals surface area contributed by atoms with E-state index < -0.39 is 5.54 Å². The number of aromatic nitrogens is 3. The smallest absolute Gasteiger partial charge is 0.222 e. The number of hydrogen-bond donors (Lipinski definition) is 2. The van der Waals surface area contributed by atoms with Crippen molar-refractivity contribution in [2.45, 2.75) is 38.8 Å². The molecule has 0 aliphatic heterocycles. The van der Waals surface area contributed by atoms with Gasteiger partial charge in [0.05, 0.1) is 24.9 Å². The average molecular weight is 226 g/mol. The normalized spacial score (nSPS) is 14.4. The summed E-state index contributed by atoms with van der Waals surface area (Å²) < 4.78 is 1.60. The van der Waals surface area contributed by atoms with Crippen molar-refractivity contribution in [2.24, 2.45) is 0 Å². The van der Waals surface area contributed by atoms with Gasteiger partial charge in [-0.15, -0.1) is 5.10 Å². The molecule has 0 spiro atoms. The molecule has 0 bridgehead atoms. The second-order valence-corrected chi connectivity index (χ2v) is 4.04. The van der Waals surface area contributed by atoms with Crippen LogP contribution in [0.5, 0.6) is 0 Å². The first-order chi connectivity index (χ1) is 7.59. The van der Waals surface area contributed by atoms with Crippen molar-refractivity contribution in [1.29, 1.82) is 0 Å². The van der Waals surface area contributed by atoms with Gasteiger partial charge >= 0.3 is 0 Å². The maximum absolute atomic E-state index is 11.6. The summed E-state index contributed by atoms with van der Waals surface area (Å²) in [6.45, 7) is 4.18. The molecule has 1 atom stereocenters. The van der Waals surface area contributed by atoms with Gasteiger partial charge in [0.2, 0.25) is 5.91 Å². The van der Waals surface area contributed by atoms with E-state index in [1.807, 2.05) is 13.8 Å². The van der Waals surface area contributed by atoms with Gasteiger partial charge in [0.1, 0.15) is 0 Å². The molecule has 0 aromatic carbocycles. The van der Waals surface area contributed by atoms with Crippen molar-refractivity contribution in [3.63, 3.8) is 0 Å². The molecule has 0 saturated carbocycles. The third-order valence-corrected chi connectivity index (χ3v) is 2.61. The van der Waals surface area contributed by atoms with Crippen molar-refractivity contribution in [2.75, 3.05) is 6.61 Å². The fraction of sp³-hybridized carbons (Fsp3) is 0.700. The lowest BCUT2D eigenvalue weighted by atomic mass is 10.0. The van der Waals surface area contributed by atoms with Crippen LogP contribution in [0.3, 0.4) is 0 Å². The second-order valence-electron chi connectivity index (χ2n) is 4.04. The maximum atomic E-state index is 11.6. The Kier molecular flexibility index (Phi) is 4.42. The van der Waals surface area contributed by atoms with Crippen LogP contribution in [0.15, 0.2) is 12.4 Å². The minimum Gasteiger partial charge on any atom is -0.394 e. The second kappa shape index (κ2) is 5.60. The molecule has 6 nitrogen and oxygen atoms in total. The van der Waals surface area contributed by atoms with Crippen molar-refractivity contribution in [3.8, 4) is 0 Å². The van der Waals surface area contributed by atoms with E-state index in [0.29, 0.717) is 19.4 Å². The van der Waals surface area contributed by atoms with E-state index in [1.165, 1.54) is 0 Å². The molecule has 90 valence electrons. The van der Waals surface area contributed by atoms with Gasteiger partial charge in [-0.25, -0.2) is 0 Å². The molecule has 1 aromatic heterocycles. The lowest BCUT2D eigenvalue weighted by Gasteiger charge is -2.27. The zero-order chi connectivity index (χ0) is 12.0. The molecule has 1 aromatic rings.